The van der Waals surface area contributed by atoms with Crippen molar-refractivity contribution in [1.29, 1.82) is 0 Å². The lowest BCUT2D eigenvalue weighted by molar-refractivity contribution is -0.111. The topological polar surface area (TPSA) is 140 Å². The number of nitrogens with one attached hydrogen (secondary N) is 2. The van der Waals surface area contributed by atoms with Crippen molar-refractivity contribution in [3.8, 4) is 5.75 Å². The Labute approximate surface area is 225 Å². The van der Waals surface area contributed by atoms with E-state index in [1.807, 2.05) is 0 Å². The molecule has 0 unspecified atom stereocenters. The van der Waals surface area contributed by atoms with Crippen LogP contribution in [-0.2, 0) is 14.3 Å². The molecule has 3 aromatic rings. The van der Waals surface area contributed by atoms with E-state index in [4.69, 9.17) is 15.2 Å². The summed E-state index contributed by atoms with van der Waals surface area (Å²) in [7, 11) is 1.42. The van der Waals surface area contributed by atoms with E-state index in [0.717, 1.165) is 12.1 Å². The summed E-state index contributed by atoms with van der Waals surface area (Å²) in [5.74, 6) is -1.91. The van der Waals surface area contributed by atoms with E-state index in [9.17, 15) is 23.9 Å². The predicted molar refractivity (Wildman–Crippen MR) is 146 cm³/mol. The molecule has 0 radical (unpaired) electrons. The second kappa shape index (κ2) is 13.7. The van der Waals surface area contributed by atoms with Crippen LogP contribution in [-0.4, -0.2) is 36.1 Å². The Balaban J connectivity index is 1.69. The van der Waals surface area contributed by atoms with Crippen molar-refractivity contribution in [3.05, 3.63) is 95.8 Å². The first kappa shape index (κ1) is 28.9. The van der Waals surface area contributed by atoms with Crippen LogP contribution in [0.25, 0.3) is 0 Å². The van der Waals surface area contributed by atoms with E-state index in [-0.39, 0.29) is 17.3 Å². The first-order valence-electron chi connectivity index (χ1n) is 12.1. The number of amides is 2. The minimum Gasteiger partial charge on any atom is -0.505 e. The Hall–Kier alpha value is -4.70. The quantitative estimate of drug-likeness (QED) is 0.142. The van der Waals surface area contributed by atoms with E-state index < -0.39 is 29.9 Å². The molecule has 0 aromatic heterocycles. The number of halogens is 1. The summed E-state index contributed by atoms with van der Waals surface area (Å²) in [6, 6.07) is 16.8. The molecule has 0 saturated heterocycles. The van der Waals surface area contributed by atoms with Crippen molar-refractivity contribution in [3.63, 3.8) is 0 Å². The van der Waals surface area contributed by atoms with Gasteiger partial charge in [-0.3, -0.25) is 14.9 Å². The van der Waals surface area contributed by atoms with Gasteiger partial charge in [0.15, 0.2) is 23.5 Å². The molecule has 0 spiro atoms. The second-order valence-electron chi connectivity index (χ2n) is 8.63. The molecule has 0 bridgehead atoms. The molecule has 0 aliphatic heterocycles. The molecular formula is C29H30FN3O6. The number of nitrogen functional groups attached to an aromatic ring is 1. The number of benzene rings is 3. The van der Waals surface area contributed by atoms with E-state index in [0.29, 0.717) is 35.5 Å². The van der Waals surface area contributed by atoms with Gasteiger partial charge in [0.25, 0.3) is 0 Å². The molecule has 0 aliphatic carbocycles. The lowest BCUT2D eigenvalue weighted by Crippen LogP contribution is -2.28. The van der Waals surface area contributed by atoms with Crippen LogP contribution in [0.15, 0.2) is 78.9 Å². The second-order valence-corrected chi connectivity index (χ2v) is 8.63. The maximum Gasteiger partial charge on any atom is 0.412 e. The number of carbonyl (C=O) groups is 3. The third kappa shape index (κ3) is 8.41. The van der Waals surface area contributed by atoms with Crippen LogP contribution in [0.2, 0.25) is 0 Å². The van der Waals surface area contributed by atoms with Gasteiger partial charge in [0.1, 0.15) is 0 Å². The number of hydrogen-bond donors (Lipinski definition) is 4. The van der Waals surface area contributed by atoms with Crippen molar-refractivity contribution in [2.75, 3.05) is 23.5 Å². The number of allylic oxidation sites excluding steroid dienone is 1. The van der Waals surface area contributed by atoms with Crippen molar-refractivity contribution in [1.82, 2.24) is 0 Å². The highest BCUT2D eigenvalue weighted by Crippen LogP contribution is 2.30. The summed E-state index contributed by atoms with van der Waals surface area (Å²) in [6.07, 6.45) is 1.05. The van der Waals surface area contributed by atoms with Crippen molar-refractivity contribution in [2.24, 2.45) is 0 Å². The number of para-hydroxylation sites is 2. The molecule has 10 heteroatoms. The van der Waals surface area contributed by atoms with E-state index in [1.54, 1.807) is 54.6 Å². The van der Waals surface area contributed by atoms with E-state index in [2.05, 4.69) is 10.6 Å². The Kier molecular flexibility index (Phi) is 10.2. The summed E-state index contributed by atoms with van der Waals surface area (Å²) in [5.41, 5.74) is 7.91. The normalized spacial score (nSPS) is 12.5. The third-order valence-electron chi connectivity index (χ3n) is 5.82. The average molecular weight is 536 g/mol. The number of anilines is 3. The van der Waals surface area contributed by atoms with Gasteiger partial charge in [-0.2, -0.15) is 0 Å². The fourth-order valence-corrected chi connectivity index (χ4v) is 3.74. The maximum atomic E-state index is 14.2. The standard InChI is InChI=1S/C29H30FN3O6/c1-18(34)19-11-14-21(15-12-19)32-29(37)39-28(20-13-16-25(35)22(30)17-20)26(38-2)9-5-6-10-27(36)33-24-8-4-3-7-23(24)31/h3-4,6-8,10-17,26,28,35H,5,9,31H2,1-2H3,(H,32,37)(H,33,36)/b10-6+/t26-,28-/m0/s1. The van der Waals surface area contributed by atoms with Gasteiger partial charge in [-0.1, -0.05) is 24.3 Å². The van der Waals surface area contributed by atoms with Gasteiger partial charge in [0.05, 0.1) is 17.5 Å². The number of hydrogen-bond acceptors (Lipinski definition) is 7. The van der Waals surface area contributed by atoms with Gasteiger partial charge >= 0.3 is 6.09 Å². The highest BCUT2D eigenvalue weighted by molar-refractivity contribution is 6.01. The summed E-state index contributed by atoms with van der Waals surface area (Å²) in [5, 5.41) is 14.9. The molecule has 0 heterocycles. The monoisotopic (exact) mass is 535 g/mol. The van der Waals surface area contributed by atoms with Crippen molar-refractivity contribution in [2.45, 2.75) is 32.0 Å². The molecule has 0 fully saturated rings. The molecule has 0 saturated carbocycles. The molecule has 3 rings (SSSR count). The molecule has 2 atom stereocenters. The van der Waals surface area contributed by atoms with Crippen molar-refractivity contribution < 1.29 is 33.4 Å². The first-order chi connectivity index (χ1) is 18.7. The zero-order valence-electron chi connectivity index (χ0n) is 21.5. The minimum absolute atomic E-state index is 0.114. The molecule has 2 amide bonds. The van der Waals surface area contributed by atoms with Gasteiger partial charge in [0, 0.05) is 18.4 Å². The zero-order valence-corrected chi connectivity index (χ0v) is 21.5. The highest BCUT2D eigenvalue weighted by Gasteiger charge is 2.28. The maximum absolute atomic E-state index is 14.2. The summed E-state index contributed by atoms with van der Waals surface area (Å²) in [6.45, 7) is 1.43. The molecule has 0 aliphatic rings. The smallest absolute Gasteiger partial charge is 0.412 e. The SMILES string of the molecule is CO[C@@H](CC/C=C/C(=O)Nc1ccccc1N)[C@@H](OC(=O)Nc1ccc(C(C)=O)cc1)c1ccc(O)c(F)c1. The van der Waals surface area contributed by atoms with Crippen LogP contribution in [0, 0.1) is 5.82 Å². The van der Waals surface area contributed by atoms with E-state index >= 15 is 0 Å². The van der Waals surface area contributed by atoms with Crippen LogP contribution in [0.3, 0.4) is 0 Å². The molecule has 5 N–H and O–H groups in total. The van der Waals surface area contributed by atoms with Crippen LogP contribution in [0.1, 0.15) is 41.8 Å². The number of Topliss-reactive ketones (excluding diaryl/α,β-unsaturated/α-hetero) is 1. The molecule has 39 heavy (non-hydrogen) atoms. The number of nitrogens with two attached hydrogens (primary N) is 1. The molecule has 3 aromatic carbocycles. The Morgan fingerprint density at radius 1 is 1.05 bits per heavy atom. The number of methoxy groups -OCH3 is 1. The lowest BCUT2D eigenvalue weighted by atomic mass is 10.00. The predicted octanol–water partition coefficient (Wildman–Crippen LogP) is 5.60. The van der Waals surface area contributed by atoms with Crippen LogP contribution in [0.4, 0.5) is 26.2 Å². The number of ether oxygens (including phenoxy) is 2. The van der Waals surface area contributed by atoms with Gasteiger partial charge in [-0.25, -0.2) is 9.18 Å². The fourth-order valence-electron chi connectivity index (χ4n) is 3.74. The molecule has 204 valence electrons. The number of aromatic hydroxyl groups is 1. The number of ketones is 1. The number of carbonyl (C=O) groups excluding carboxylic acids is 3. The highest BCUT2D eigenvalue weighted by atomic mass is 19.1. The summed E-state index contributed by atoms with van der Waals surface area (Å²) >= 11 is 0. The van der Waals surface area contributed by atoms with Gasteiger partial charge in [-0.05, 0) is 79.9 Å². The Bertz CT molecular complexity index is 1340. The Morgan fingerprint density at radius 2 is 1.77 bits per heavy atom. The average Bonchev–Trinajstić information content (AvgIpc) is 2.91. The zero-order chi connectivity index (χ0) is 28.4. The lowest BCUT2D eigenvalue weighted by Gasteiger charge is -2.26. The third-order valence-corrected chi connectivity index (χ3v) is 5.82. The fraction of sp³-hybridized carbons (Fsp3) is 0.207. The largest absolute Gasteiger partial charge is 0.505 e. The van der Waals surface area contributed by atoms with Crippen LogP contribution < -0.4 is 16.4 Å². The first-order valence-corrected chi connectivity index (χ1v) is 12.1. The molecular weight excluding hydrogens is 505 g/mol. The Morgan fingerprint density at radius 3 is 2.41 bits per heavy atom. The van der Waals surface area contributed by atoms with Crippen molar-refractivity contribution >= 4 is 34.8 Å². The van der Waals surface area contributed by atoms with E-state index in [1.165, 1.54) is 26.2 Å². The van der Waals surface area contributed by atoms with Crippen LogP contribution >= 0.6 is 0 Å². The van der Waals surface area contributed by atoms with Gasteiger partial charge in [-0.15, -0.1) is 0 Å². The summed E-state index contributed by atoms with van der Waals surface area (Å²) < 4.78 is 25.4. The molecule has 9 nitrogen and oxygen atoms in total. The number of phenolic OH excluding ortho intramolecular Hbond substituents is 1. The number of phenols is 1. The number of rotatable bonds is 11. The van der Waals surface area contributed by atoms with Crippen LogP contribution in [0.5, 0.6) is 5.75 Å². The van der Waals surface area contributed by atoms with Gasteiger partial charge < -0.3 is 25.6 Å². The summed E-state index contributed by atoms with van der Waals surface area (Å²) in [4.78, 5) is 36.4. The minimum atomic E-state index is -1.05. The van der Waals surface area contributed by atoms with Gasteiger partial charge in [0.2, 0.25) is 5.91 Å².